The molecule has 118 valence electrons. The van der Waals surface area contributed by atoms with E-state index in [1.54, 1.807) is 10.9 Å². The maximum Gasteiger partial charge on any atom is 0.393 e. The van der Waals surface area contributed by atoms with Gasteiger partial charge in [-0.25, -0.2) is 4.68 Å². The van der Waals surface area contributed by atoms with Crippen molar-refractivity contribution in [3.63, 3.8) is 0 Å². The van der Waals surface area contributed by atoms with Crippen molar-refractivity contribution in [1.82, 2.24) is 14.7 Å². The molecule has 1 aromatic heterocycles. The number of rotatable bonds is 3. The van der Waals surface area contributed by atoms with Crippen LogP contribution in [0.1, 0.15) is 18.4 Å². The third-order valence-corrected chi connectivity index (χ3v) is 4.08. The number of alkyl halides is 3. The lowest BCUT2D eigenvalue weighted by atomic mass is 9.97. The van der Waals surface area contributed by atoms with Crippen molar-refractivity contribution in [1.29, 1.82) is 0 Å². The molecule has 0 aliphatic carbocycles. The summed E-state index contributed by atoms with van der Waals surface area (Å²) < 4.78 is 40.2. The first-order valence-electron chi connectivity index (χ1n) is 7.40. The minimum Gasteiger partial charge on any atom is -0.298 e. The van der Waals surface area contributed by atoms with Gasteiger partial charge >= 0.3 is 6.18 Å². The smallest absolute Gasteiger partial charge is 0.298 e. The molecule has 0 N–H and O–H groups in total. The maximum atomic E-state index is 12.8. The zero-order valence-electron chi connectivity index (χ0n) is 12.1. The van der Waals surface area contributed by atoms with Crippen molar-refractivity contribution in [2.24, 2.45) is 5.92 Å². The molecule has 1 aliphatic rings. The zero-order valence-corrected chi connectivity index (χ0v) is 12.1. The molecule has 0 amide bonds. The predicted molar refractivity (Wildman–Crippen MR) is 77.6 cm³/mol. The van der Waals surface area contributed by atoms with E-state index in [1.807, 2.05) is 41.4 Å². The Morgan fingerprint density at radius 1 is 1.18 bits per heavy atom. The van der Waals surface area contributed by atoms with Gasteiger partial charge in [0.15, 0.2) is 0 Å². The normalized spacial score (nSPS) is 20.2. The summed E-state index contributed by atoms with van der Waals surface area (Å²) in [5, 5.41) is 4.15. The Hall–Kier alpha value is -1.82. The Labute approximate surface area is 127 Å². The molecular weight excluding hydrogens is 291 g/mol. The van der Waals surface area contributed by atoms with Crippen LogP contribution in [0.2, 0.25) is 0 Å². The van der Waals surface area contributed by atoms with Crippen molar-refractivity contribution in [2.45, 2.75) is 25.6 Å². The Morgan fingerprint density at radius 3 is 2.59 bits per heavy atom. The predicted octanol–water partition coefficient (Wildman–Crippen LogP) is 3.65. The second-order valence-electron chi connectivity index (χ2n) is 5.73. The number of benzene rings is 1. The minimum absolute atomic E-state index is 0.102. The number of halogens is 3. The van der Waals surface area contributed by atoms with Crippen molar-refractivity contribution in [3.8, 4) is 5.69 Å². The SMILES string of the molecule is FC(F)(F)[C@@H]1CCCN(Cc2ccc(-n3cccn3)cc2)C1. The standard InChI is InChI=1S/C16H18F3N3/c17-16(18,19)14-3-1-9-21(12-14)11-13-4-6-15(7-5-13)22-10-2-8-20-22/h2,4-8,10,14H,1,3,9,11-12H2/t14-/m1/s1. The summed E-state index contributed by atoms with van der Waals surface area (Å²) in [4.78, 5) is 1.89. The highest BCUT2D eigenvalue weighted by molar-refractivity contribution is 5.33. The minimum atomic E-state index is -4.08. The van der Waals surface area contributed by atoms with E-state index in [9.17, 15) is 13.2 Å². The molecule has 3 nitrogen and oxygen atoms in total. The van der Waals surface area contributed by atoms with Crippen LogP contribution >= 0.6 is 0 Å². The van der Waals surface area contributed by atoms with Crippen LogP contribution in [0.25, 0.3) is 5.69 Å². The van der Waals surface area contributed by atoms with Crippen molar-refractivity contribution < 1.29 is 13.2 Å². The van der Waals surface area contributed by atoms with Gasteiger partial charge in [-0.2, -0.15) is 18.3 Å². The quantitative estimate of drug-likeness (QED) is 0.863. The van der Waals surface area contributed by atoms with E-state index in [2.05, 4.69) is 5.10 Å². The lowest BCUT2D eigenvalue weighted by molar-refractivity contribution is -0.187. The Kier molecular flexibility index (Phi) is 4.20. The molecule has 1 aromatic carbocycles. The van der Waals surface area contributed by atoms with Crippen LogP contribution in [0.3, 0.4) is 0 Å². The van der Waals surface area contributed by atoms with E-state index in [4.69, 9.17) is 0 Å². The van der Waals surface area contributed by atoms with Gasteiger partial charge in [-0.1, -0.05) is 12.1 Å². The van der Waals surface area contributed by atoms with Gasteiger partial charge in [-0.3, -0.25) is 4.90 Å². The van der Waals surface area contributed by atoms with Crippen LogP contribution in [-0.2, 0) is 6.54 Å². The van der Waals surface area contributed by atoms with Gasteiger partial charge in [-0.15, -0.1) is 0 Å². The first kappa shape index (κ1) is 15.1. The number of hydrogen-bond donors (Lipinski definition) is 0. The van der Waals surface area contributed by atoms with Gasteiger partial charge in [0.2, 0.25) is 0 Å². The molecule has 0 bridgehead atoms. The van der Waals surface area contributed by atoms with E-state index >= 15 is 0 Å². The first-order chi connectivity index (χ1) is 10.5. The number of piperidine rings is 1. The Balaban J connectivity index is 1.63. The molecule has 1 fully saturated rings. The summed E-state index contributed by atoms with van der Waals surface area (Å²) in [5.41, 5.74) is 1.97. The average Bonchev–Trinajstić information content (AvgIpc) is 3.02. The molecule has 6 heteroatoms. The fraction of sp³-hybridized carbons (Fsp3) is 0.438. The third-order valence-electron chi connectivity index (χ3n) is 4.08. The van der Waals surface area contributed by atoms with Crippen LogP contribution in [0.4, 0.5) is 13.2 Å². The molecule has 1 atom stereocenters. The Morgan fingerprint density at radius 2 is 1.95 bits per heavy atom. The van der Waals surface area contributed by atoms with Gasteiger partial charge < -0.3 is 0 Å². The molecule has 1 saturated heterocycles. The van der Waals surface area contributed by atoms with Gasteiger partial charge in [0.1, 0.15) is 0 Å². The third kappa shape index (κ3) is 3.50. The second kappa shape index (κ2) is 6.12. The highest BCUT2D eigenvalue weighted by Crippen LogP contribution is 2.33. The zero-order chi connectivity index (χ0) is 15.6. The Bertz CT molecular complexity index is 590. The van der Waals surface area contributed by atoms with E-state index in [0.717, 1.165) is 17.8 Å². The number of aromatic nitrogens is 2. The topological polar surface area (TPSA) is 21.1 Å². The van der Waals surface area contributed by atoms with Crippen LogP contribution < -0.4 is 0 Å². The van der Waals surface area contributed by atoms with Gasteiger partial charge in [0, 0.05) is 25.5 Å². The molecule has 1 aliphatic heterocycles. The monoisotopic (exact) mass is 309 g/mol. The summed E-state index contributed by atoms with van der Waals surface area (Å²) in [6.07, 6.45) is 0.336. The summed E-state index contributed by atoms with van der Waals surface area (Å²) in [6, 6.07) is 9.63. The lowest BCUT2D eigenvalue weighted by Gasteiger charge is -2.33. The lowest BCUT2D eigenvalue weighted by Crippen LogP contribution is -2.41. The maximum absolute atomic E-state index is 12.8. The first-order valence-corrected chi connectivity index (χ1v) is 7.40. The molecule has 0 saturated carbocycles. The molecule has 3 rings (SSSR count). The summed E-state index contributed by atoms with van der Waals surface area (Å²) in [7, 11) is 0. The molecule has 22 heavy (non-hydrogen) atoms. The van der Waals surface area contributed by atoms with Crippen molar-refractivity contribution in [2.75, 3.05) is 13.1 Å². The summed E-state index contributed by atoms with van der Waals surface area (Å²) >= 11 is 0. The van der Waals surface area contributed by atoms with E-state index < -0.39 is 12.1 Å². The van der Waals surface area contributed by atoms with Gasteiger partial charge in [-0.05, 0) is 43.1 Å². The van der Waals surface area contributed by atoms with Crippen LogP contribution in [0, 0.1) is 5.92 Å². The summed E-state index contributed by atoms with van der Waals surface area (Å²) in [6.45, 7) is 1.39. The van der Waals surface area contributed by atoms with Crippen LogP contribution in [0.5, 0.6) is 0 Å². The number of hydrogen-bond acceptors (Lipinski definition) is 2. The average molecular weight is 309 g/mol. The second-order valence-corrected chi connectivity index (χ2v) is 5.73. The molecule has 2 heterocycles. The largest absolute Gasteiger partial charge is 0.393 e. The van der Waals surface area contributed by atoms with E-state index in [1.165, 1.54) is 0 Å². The summed E-state index contributed by atoms with van der Waals surface area (Å²) in [5.74, 6) is -1.19. The van der Waals surface area contributed by atoms with E-state index in [0.29, 0.717) is 13.0 Å². The molecule has 2 aromatic rings. The van der Waals surface area contributed by atoms with Crippen molar-refractivity contribution >= 4 is 0 Å². The highest BCUT2D eigenvalue weighted by Gasteiger charge is 2.41. The fourth-order valence-corrected chi connectivity index (χ4v) is 2.90. The van der Waals surface area contributed by atoms with Crippen LogP contribution in [-0.4, -0.2) is 33.9 Å². The number of nitrogens with zero attached hydrogens (tertiary/aromatic N) is 3. The fourth-order valence-electron chi connectivity index (χ4n) is 2.90. The highest BCUT2D eigenvalue weighted by atomic mass is 19.4. The van der Waals surface area contributed by atoms with E-state index in [-0.39, 0.29) is 13.0 Å². The molecule has 0 radical (unpaired) electrons. The molecule has 0 spiro atoms. The van der Waals surface area contributed by atoms with Gasteiger partial charge in [0.25, 0.3) is 0 Å². The molecule has 0 unspecified atom stereocenters. The molecular formula is C16H18F3N3. The van der Waals surface area contributed by atoms with Crippen molar-refractivity contribution in [3.05, 3.63) is 48.3 Å². The number of likely N-dealkylation sites (tertiary alicyclic amines) is 1. The van der Waals surface area contributed by atoms with Crippen LogP contribution in [0.15, 0.2) is 42.7 Å². The van der Waals surface area contributed by atoms with Gasteiger partial charge in [0.05, 0.1) is 11.6 Å².